The van der Waals surface area contributed by atoms with Crippen LogP contribution in [0.15, 0.2) is 12.2 Å². The molecule has 12 heavy (non-hydrogen) atoms. The van der Waals surface area contributed by atoms with Crippen LogP contribution in [0.25, 0.3) is 0 Å². The van der Waals surface area contributed by atoms with Crippen LogP contribution in [0.1, 0.15) is 46.5 Å². The molecule has 0 heteroatoms. The quantitative estimate of drug-likeness (QED) is 0.543. The third kappa shape index (κ3) is 2.36. The molecule has 0 amide bonds. The molecule has 3 atom stereocenters. The normalized spacial score (nSPS) is 37.4. The van der Waals surface area contributed by atoms with Crippen molar-refractivity contribution in [2.75, 3.05) is 0 Å². The van der Waals surface area contributed by atoms with E-state index in [1.807, 2.05) is 0 Å². The van der Waals surface area contributed by atoms with E-state index in [1.54, 1.807) is 0 Å². The monoisotopic (exact) mass is 166 g/mol. The van der Waals surface area contributed by atoms with Gasteiger partial charge in [-0.25, -0.2) is 0 Å². The zero-order valence-corrected chi connectivity index (χ0v) is 8.72. The number of hydrogen-bond donors (Lipinski definition) is 0. The van der Waals surface area contributed by atoms with E-state index in [0.29, 0.717) is 0 Å². The first-order valence-corrected chi connectivity index (χ1v) is 5.40. The summed E-state index contributed by atoms with van der Waals surface area (Å²) in [6.07, 6.45) is 10.3. The maximum Gasteiger partial charge on any atom is -0.0231 e. The Morgan fingerprint density at radius 2 is 2.08 bits per heavy atom. The van der Waals surface area contributed by atoms with Gasteiger partial charge in [0.2, 0.25) is 0 Å². The summed E-state index contributed by atoms with van der Waals surface area (Å²) in [5.74, 6) is 2.84. The largest absolute Gasteiger partial charge is 0.0914 e. The van der Waals surface area contributed by atoms with Gasteiger partial charge in [-0.2, -0.15) is 0 Å². The Bertz CT molecular complexity index is 146. The number of rotatable bonds is 2. The molecule has 0 aromatic heterocycles. The van der Waals surface area contributed by atoms with E-state index >= 15 is 0 Å². The third-order valence-corrected chi connectivity index (χ3v) is 3.39. The summed E-state index contributed by atoms with van der Waals surface area (Å²) in [6.45, 7) is 6.89. The van der Waals surface area contributed by atoms with Crippen LogP contribution in [0, 0.1) is 17.8 Å². The Morgan fingerprint density at radius 3 is 2.67 bits per heavy atom. The second-order valence-corrected chi connectivity index (χ2v) is 4.24. The second kappa shape index (κ2) is 4.69. The molecule has 1 fully saturated rings. The molecule has 3 unspecified atom stereocenters. The highest BCUT2D eigenvalue weighted by Crippen LogP contribution is 2.35. The van der Waals surface area contributed by atoms with Gasteiger partial charge in [-0.15, -0.1) is 0 Å². The summed E-state index contributed by atoms with van der Waals surface area (Å²) in [6, 6.07) is 0. The summed E-state index contributed by atoms with van der Waals surface area (Å²) in [5, 5.41) is 0. The number of hydrogen-bond acceptors (Lipinski definition) is 0. The van der Waals surface area contributed by atoms with Crippen molar-refractivity contribution in [3.05, 3.63) is 12.2 Å². The van der Waals surface area contributed by atoms with Crippen LogP contribution >= 0.6 is 0 Å². The maximum absolute atomic E-state index is 2.42. The maximum atomic E-state index is 2.42. The fourth-order valence-electron chi connectivity index (χ4n) is 2.47. The molecule has 1 aliphatic rings. The minimum Gasteiger partial charge on any atom is -0.0914 e. The molecule has 0 nitrogen and oxygen atoms in total. The topological polar surface area (TPSA) is 0 Å². The van der Waals surface area contributed by atoms with E-state index < -0.39 is 0 Å². The highest BCUT2D eigenvalue weighted by molar-refractivity contribution is 4.90. The number of allylic oxidation sites excluding steroid dienone is 2. The van der Waals surface area contributed by atoms with Crippen molar-refractivity contribution in [3.63, 3.8) is 0 Å². The average molecular weight is 166 g/mol. The second-order valence-electron chi connectivity index (χ2n) is 4.24. The molecule has 1 saturated carbocycles. The summed E-state index contributed by atoms with van der Waals surface area (Å²) in [5.41, 5.74) is 0. The molecule has 0 aromatic carbocycles. The molecular weight excluding hydrogens is 144 g/mol. The lowest BCUT2D eigenvalue weighted by atomic mass is 9.74. The predicted molar refractivity (Wildman–Crippen MR) is 55.1 cm³/mol. The van der Waals surface area contributed by atoms with Crippen molar-refractivity contribution in [1.29, 1.82) is 0 Å². The van der Waals surface area contributed by atoms with Gasteiger partial charge in [0, 0.05) is 0 Å². The average Bonchev–Trinajstić information content (AvgIpc) is 2.09. The predicted octanol–water partition coefficient (Wildman–Crippen LogP) is 4.02. The lowest BCUT2D eigenvalue weighted by Gasteiger charge is -2.32. The summed E-state index contributed by atoms with van der Waals surface area (Å²) >= 11 is 0. The lowest BCUT2D eigenvalue weighted by Crippen LogP contribution is -2.21. The highest BCUT2D eigenvalue weighted by Gasteiger charge is 2.24. The van der Waals surface area contributed by atoms with E-state index in [0.717, 1.165) is 17.8 Å². The zero-order valence-electron chi connectivity index (χ0n) is 8.72. The van der Waals surface area contributed by atoms with Gasteiger partial charge < -0.3 is 0 Å². The Labute approximate surface area is 77.1 Å². The Balaban J connectivity index is 2.43. The zero-order chi connectivity index (χ0) is 8.97. The van der Waals surface area contributed by atoms with E-state index in [-0.39, 0.29) is 0 Å². The van der Waals surface area contributed by atoms with Crippen molar-refractivity contribution < 1.29 is 0 Å². The molecule has 0 heterocycles. The summed E-state index contributed by atoms with van der Waals surface area (Å²) in [7, 11) is 0. The molecule has 0 N–H and O–H groups in total. The van der Waals surface area contributed by atoms with E-state index in [1.165, 1.54) is 25.7 Å². The molecule has 0 radical (unpaired) electrons. The van der Waals surface area contributed by atoms with E-state index in [9.17, 15) is 0 Å². The molecule has 70 valence electrons. The van der Waals surface area contributed by atoms with Crippen molar-refractivity contribution >= 4 is 0 Å². The molecule has 0 saturated heterocycles. The first-order chi connectivity index (χ1) is 5.77. The van der Waals surface area contributed by atoms with Crippen LogP contribution in [0.5, 0.6) is 0 Å². The van der Waals surface area contributed by atoms with Gasteiger partial charge >= 0.3 is 0 Å². The molecule has 0 aliphatic heterocycles. The van der Waals surface area contributed by atoms with Gasteiger partial charge in [-0.3, -0.25) is 0 Å². The first kappa shape index (κ1) is 9.83. The van der Waals surface area contributed by atoms with Crippen LogP contribution in [0.4, 0.5) is 0 Å². The Morgan fingerprint density at radius 1 is 1.33 bits per heavy atom. The van der Waals surface area contributed by atoms with Crippen LogP contribution < -0.4 is 0 Å². The van der Waals surface area contributed by atoms with Gasteiger partial charge in [-0.1, -0.05) is 32.4 Å². The van der Waals surface area contributed by atoms with Crippen LogP contribution in [-0.4, -0.2) is 0 Å². The van der Waals surface area contributed by atoms with Gasteiger partial charge in [0.25, 0.3) is 0 Å². The smallest absolute Gasteiger partial charge is 0.0231 e. The fourth-order valence-corrected chi connectivity index (χ4v) is 2.47. The van der Waals surface area contributed by atoms with Crippen LogP contribution in [-0.2, 0) is 0 Å². The van der Waals surface area contributed by atoms with Crippen molar-refractivity contribution in [1.82, 2.24) is 0 Å². The van der Waals surface area contributed by atoms with Gasteiger partial charge in [-0.05, 0) is 43.9 Å². The lowest BCUT2D eigenvalue weighted by molar-refractivity contribution is 0.213. The molecule has 1 aliphatic carbocycles. The molecule has 1 rings (SSSR count). The van der Waals surface area contributed by atoms with Gasteiger partial charge in [0.15, 0.2) is 0 Å². The minimum absolute atomic E-state index is 0.885. The van der Waals surface area contributed by atoms with Crippen LogP contribution in [0.2, 0.25) is 0 Å². The van der Waals surface area contributed by atoms with E-state index in [4.69, 9.17) is 0 Å². The van der Waals surface area contributed by atoms with Gasteiger partial charge in [0.05, 0.1) is 0 Å². The van der Waals surface area contributed by atoms with Crippen molar-refractivity contribution in [2.45, 2.75) is 46.5 Å². The summed E-state index contributed by atoms with van der Waals surface area (Å²) < 4.78 is 0. The van der Waals surface area contributed by atoms with Crippen molar-refractivity contribution in [3.8, 4) is 0 Å². The Hall–Kier alpha value is -0.260. The molecule has 0 spiro atoms. The van der Waals surface area contributed by atoms with Crippen LogP contribution in [0.3, 0.4) is 0 Å². The standard InChI is InChI=1S/C12H22/c1-4-6-11-8-7-10(3)12(5-2)9-11/h4,6,10-12H,5,7-9H2,1-3H3/b6-4-. The SMILES string of the molecule is C/C=C\C1CCC(C)C(CC)C1. The first-order valence-electron chi connectivity index (χ1n) is 5.40. The molecular formula is C12H22. The summed E-state index contributed by atoms with van der Waals surface area (Å²) in [4.78, 5) is 0. The Kier molecular flexibility index (Phi) is 3.84. The molecule has 0 bridgehead atoms. The van der Waals surface area contributed by atoms with Gasteiger partial charge in [0.1, 0.15) is 0 Å². The third-order valence-electron chi connectivity index (χ3n) is 3.39. The fraction of sp³-hybridized carbons (Fsp3) is 0.833. The van der Waals surface area contributed by atoms with E-state index in [2.05, 4.69) is 32.9 Å². The highest BCUT2D eigenvalue weighted by atomic mass is 14.3. The minimum atomic E-state index is 0.885. The van der Waals surface area contributed by atoms with Crippen molar-refractivity contribution in [2.24, 2.45) is 17.8 Å². The molecule has 0 aromatic rings.